The number of carbonyl (C=O) groups excluding carboxylic acids is 1. The smallest absolute Gasteiger partial charge is 0.267 e. The van der Waals surface area contributed by atoms with Gasteiger partial charge in [0.15, 0.2) is 6.29 Å². The first-order valence-corrected chi connectivity index (χ1v) is 10.3. The van der Waals surface area contributed by atoms with E-state index in [0.717, 1.165) is 24.8 Å². The number of carbonyl (C=O) groups is 1. The van der Waals surface area contributed by atoms with Gasteiger partial charge in [0.1, 0.15) is 5.82 Å². The lowest BCUT2D eigenvalue weighted by molar-refractivity contribution is -0.198. The summed E-state index contributed by atoms with van der Waals surface area (Å²) < 4.78 is 11.0. The maximum atomic E-state index is 11.8. The molecule has 1 amide bonds. The van der Waals surface area contributed by atoms with Crippen molar-refractivity contribution >= 4 is 17.8 Å². The highest BCUT2D eigenvalue weighted by Gasteiger charge is 2.15. The van der Waals surface area contributed by atoms with E-state index in [1.807, 2.05) is 30.3 Å². The molecule has 1 fully saturated rings. The molecule has 3 rings (SSSR count). The average Bonchev–Trinajstić information content (AvgIpc) is 2.83. The van der Waals surface area contributed by atoms with Crippen LogP contribution in [-0.2, 0) is 25.7 Å². The van der Waals surface area contributed by atoms with Gasteiger partial charge in [0.2, 0.25) is 0 Å². The zero-order valence-electron chi connectivity index (χ0n) is 17.3. The van der Waals surface area contributed by atoms with Gasteiger partial charge in [-0.25, -0.2) is 15.3 Å². The van der Waals surface area contributed by atoms with Gasteiger partial charge >= 0.3 is 0 Å². The van der Waals surface area contributed by atoms with Gasteiger partial charge in [-0.3, -0.25) is 9.78 Å². The van der Waals surface area contributed by atoms with Crippen molar-refractivity contribution in [2.24, 2.45) is 0 Å². The molecule has 0 spiro atoms. The molecule has 2 atom stereocenters. The molecule has 166 valence electrons. The van der Waals surface area contributed by atoms with Crippen LogP contribution in [0.2, 0.25) is 0 Å². The first-order chi connectivity index (χ1) is 15.2. The molecule has 1 aromatic carbocycles. The number of anilines is 1. The summed E-state index contributed by atoms with van der Waals surface area (Å²) in [5.41, 5.74) is 3.92. The van der Waals surface area contributed by atoms with Crippen molar-refractivity contribution in [3.05, 3.63) is 60.1 Å². The SMILES string of the molecule is O=C(/C=C/c1cnc(N[C@H](CO)COCc2ccccc2)cn1)NOC1CCCCO1. The molecule has 1 saturated heterocycles. The summed E-state index contributed by atoms with van der Waals surface area (Å²) in [7, 11) is 0. The van der Waals surface area contributed by atoms with Gasteiger partial charge in [-0.2, -0.15) is 0 Å². The Bertz CT molecular complexity index is 810. The molecule has 0 bridgehead atoms. The Hall–Kier alpha value is -2.85. The number of hydroxylamine groups is 1. The van der Waals surface area contributed by atoms with E-state index >= 15 is 0 Å². The maximum Gasteiger partial charge on any atom is 0.267 e. The molecule has 3 N–H and O–H groups in total. The van der Waals surface area contributed by atoms with Gasteiger partial charge in [-0.15, -0.1) is 0 Å². The second-order valence-corrected chi connectivity index (χ2v) is 7.06. The van der Waals surface area contributed by atoms with E-state index in [0.29, 0.717) is 31.3 Å². The predicted molar refractivity (Wildman–Crippen MR) is 114 cm³/mol. The van der Waals surface area contributed by atoms with Gasteiger partial charge in [0.05, 0.1) is 44.0 Å². The molecule has 1 unspecified atom stereocenters. The van der Waals surface area contributed by atoms with E-state index in [1.165, 1.54) is 24.5 Å². The summed E-state index contributed by atoms with van der Waals surface area (Å²) in [4.78, 5) is 25.5. The van der Waals surface area contributed by atoms with Crippen LogP contribution in [-0.4, -0.2) is 53.1 Å². The Morgan fingerprint density at radius 3 is 2.84 bits per heavy atom. The van der Waals surface area contributed by atoms with Crippen LogP contribution in [0.4, 0.5) is 5.82 Å². The number of aliphatic hydroxyl groups excluding tert-OH is 1. The lowest BCUT2D eigenvalue weighted by Gasteiger charge is -2.21. The fourth-order valence-electron chi connectivity index (χ4n) is 2.86. The van der Waals surface area contributed by atoms with Crippen LogP contribution >= 0.6 is 0 Å². The molecule has 2 aromatic rings. The molecule has 9 nitrogen and oxygen atoms in total. The van der Waals surface area contributed by atoms with Crippen LogP contribution < -0.4 is 10.8 Å². The van der Waals surface area contributed by atoms with Crippen molar-refractivity contribution in [1.82, 2.24) is 15.4 Å². The Morgan fingerprint density at radius 2 is 2.13 bits per heavy atom. The van der Waals surface area contributed by atoms with Crippen LogP contribution in [0.5, 0.6) is 0 Å². The van der Waals surface area contributed by atoms with Crippen LogP contribution in [0.3, 0.4) is 0 Å². The lowest BCUT2D eigenvalue weighted by atomic mass is 10.2. The summed E-state index contributed by atoms with van der Waals surface area (Å²) in [5, 5.41) is 12.6. The van der Waals surface area contributed by atoms with Crippen LogP contribution in [0, 0.1) is 0 Å². The molecule has 0 aliphatic carbocycles. The molecule has 1 aliphatic heterocycles. The average molecular weight is 428 g/mol. The highest BCUT2D eigenvalue weighted by atomic mass is 16.8. The molecule has 31 heavy (non-hydrogen) atoms. The minimum Gasteiger partial charge on any atom is -0.394 e. The summed E-state index contributed by atoms with van der Waals surface area (Å²) in [6.07, 6.45) is 8.29. The zero-order chi connectivity index (χ0) is 21.7. The minimum atomic E-state index is -0.408. The van der Waals surface area contributed by atoms with E-state index in [-0.39, 0.29) is 12.6 Å². The zero-order valence-corrected chi connectivity index (χ0v) is 17.3. The third kappa shape index (κ3) is 8.42. The van der Waals surface area contributed by atoms with Crippen molar-refractivity contribution < 1.29 is 24.2 Å². The number of amides is 1. The summed E-state index contributed by atoms with van der Waals surface area (Å²) in [5.74, 6) is 0.0934. The predicted octanol–water partition coefficient (Wildman–Crippen LogP) is 2.05. The van der Waals surface area contributed by atoms with E-state index < -0.39 is 12.2 Å². The van der Waals surface area contributed by atoms with Gasteiger partial charge in [-0.05, 0) is 24.5 Å². The number of nitrogens with one attached hydrogen (secondary N) is 2. The van der Waals surface area contributed by atoms with Crippen molar-refractivity contribution in [2.75, 3.05) is 25.1 Å². The third-order valence-electron chi connectivity index (χ3n) is 4.51. The Labute approximate surface area is 181 Å². The number of hydrogen-bond donors (Lipinski definition) is 3. The van der Waals surface area contributed by atoms with E-state index in [9.17, 15) is 9.90 Å². The normalized spacial score (nSPS) is 17.4. The van der Waals surface area contributed by atoms with Crippen LogP contribution in [0.25, 0.3) is 6.08 Å². The lowest BCUT2D eigenvalue weighted by Crippen LogP contribution is -2.32. The third-order valence-corrected chi connectivity index (χ3v) is 4.51. The van der Waals surface area contributed by atoms with Crippen LogP contribution in [0.15, 0.2) is 48.8 Å². The molecule has 1 aliphatic rings. The quantitative estimate of drug-likeness (QED) is 0.368. The summed E-state index contributed by atoms with van der Waals surface area (Å²) in [6, 6.07) is 9.50. The Balaban J connectivity index is 1.39. The second kappa shape index (κ2) is 12.8. The Kier molecular flexibility index (Phi) is 9.39. The molecule has 0 saturated carbocycles. The van der Waals surface area contributed by atoms with Crippen LogP contribution in [0.1, 0.15) is 30.5 Å². The summed E-state index contributed by atoms with van der Waals surface area (Å²) >= 11 is 0. The first-order valence-electron chi connectivity index (χ1n) is 10.3. The summed E-state index contributed by atoms with van der Waals surface area (Å²) in [6.45, 7) is 1.32. The van der Waals surface area contributed by atoms with Gasteiger partial charge in [-0.1, -0.05) is 30.3 Å². The highest BCUT2D eigenvalue weighted by Crippen LogP contribution is 2.12. The molecular formula is C22H28N4O5. The minimum absolute atomic E-state index is 0.108. The topological polar surface area (TPSA) is 115 Å². The van der Waals surface area contributed by atoms with Gasteiger partial charge in [0, 0.05) is 19.1 Å². The number of rotatable bonds is 11. The van der Waals surface area contributed by atoms with E-state index in [1.54, 1.807) is 0 Å². The number of nitrogens with zero attached hydrogens (tertiary/aromatic N) is 2. The number of benzene rings is 1. The number of hydrogen-bond acceptors (Lipinski definition) is 8. The van der Waals surface area contributed by atoms with E-state index in [2.05, 4.69) is 20.8 Å². The molecule has 2 heterocycles. The fourth-order valence-corrected chi connectivity index (χ4v) is 2.86. The van der Waals surface area contributed by atoms with Gasteiger partial charge < -0.3 is 19.9 Å². The molecule has 9 heteroatoms. The standard InChI is InChI=1S/C22H28N4O5/c27-14-19(16-29-15-17-6-2-1-3-7-17)25-20-13-23-18(12-24-20)9-10-21(28)26-31-22-8-4-5-11-30-22/h1-3,6-7,9-10,12-13,19,22,27H,4-5,8,11,14-16H2,(H,24,25)(H,26,28)/b10-9+/t19-,22?/m1/s1. The first kappa shape index (κ1) is 22.8. The highest BCUT2D eigenvalue weighted by molar-refractivity contribution is 5.90. The largest absolute Gasteiger partial charge is 0.394 e. The molecule has 0 radical (unpaired) electrons. The second-order valence-electron chi connectivity index (χ2n) is 7.06. The maximum absolute atomic E-state index is 11.8. The van der Waals surface area contributed by atoms with E-state index in [4.69, 9.17) is 14.3 Å². The number of aliphatic hydroxyl groups is 1. The van der Waals surface area contributed by atoms with Crippen molar-refractivity contribution in [2.45, 2.75) is 38.2 Å². The van der Waals surface area contributed by atoms with Gasteiger partial charge in [0.25, 0.3) is 5.91 Å². The van der Waals surface area contributed by atoms with Crippen molar-refractivity contribution in [3.8, 4) is 0 Å². The number of aromatic nitrogens is 2. The molecule has 1 aromatic heterocycles. The molecular weight excluding hydrogens is 400 g/mol. The van der Waals surface area contributed by atoms with Crippen molar-refractivity contribution in [1.29, 1.82) is 0 Å². The monoisotopic (exact) mass is 428 g/mol. The Morgan fingerprint density at radius 1 is 1.26 bits per heavy atom. The fraction of sp³-hybridized carbons (Fsp3) is 0.409. The number of ether oxygens (including phenoxy) is 2. The van der Waals surface area contributed by atoms with Crippen molar-refractivity contribution in [3.63, 3.8) is 0 Å².